The van der Waals surface area contributed by atoms with Gasteiger partial charge in [0.05, 0.1) is 21.4 Å². The summed E-state index contributed by atoms with van der Waals surface area (Å²) in [7, 11) is 0. The fourth-order valence-corrected chi connectivity index (χ4v) is 3.06. The summed E-state index contributed by atoms with van der Waals surface area (Å²) in [6.07, 6.45) is 0. The van der Waals surface area contributed by atoms with Crippen molar-refractivity contribution in [1.82, 2.24) is 15.3 Å². The molecule has 0 aliphatic carbocycles. The van der Waals surface area contributed by atoms with Gasteiger partial charge in [-0.3, -0.25) is 0 Å². The molecule has 98 valence electrons. The van der Waals surface area contributed by atoms with Gasteiger partial charge in [0.2, 0.25) is 0 Å². The lowest BCUT2D eigenvalue weighted by atomic mass is 9.98. The van der Waals surface area contributed by atoms with Crippen LogP contribution in [0.3, 0.4) is 0 Å². The van der Waals surface area contributed by atoms with Crippen molar-refractivity contribution in [2.45, 2.75) is 46.2 Å². The number of nitrogens with one attached hydrogen (secondary N) is 1. The molecule has 0 bridgehead atoms. The normalized spacial score (nSPS) is 12.0. The first-order valence-corrected chi connectivity index (χ1v) is 7.77. The summed E-state index contributed by atoms with van der Waals surface area (Å²) in [4.78, 5) is 9.08. The quantitative estimate of drug-likeness (QED) is 0.932. The summed E-state index contributed by atoms with van der Waals surface area (Å²) in [6, 6.07) is 0. The Balaban J connectivity index is 1.85. The lowest BCUT2D eigenvalue weighted by Crippen LogP contribution is -2.14. The number of aryl methyl sites for hydroxylation is 1. The van der Waals surface area contributed by atoms with Crippen molar-refractivity contribution in [2.75, 3.05) is 0 Å². The predicted octanol–water partition coefficient (Wildman–Crippen LogP) is 3.50. The summed E-state index contributed by atoms with van der Waals surface area (Å²) in [5.74, 6) is 0. The van der Waals surface area contributed by atoms with E-state index in [1.807, 2.05) is 6.92 Å². The molecule has 0 spiro atoms. The molecule has 0 unspecified atom stereocenters. The van der Waals surface area contributed by atoms with Gasteiger partial charge in [-0.1, -0.05) is 20.8 Å². The van der Waals surface area contributed by atoms with Crippen molar-refractivity contribution in [2.24, 2.45) is 0 Å². The van der Waals surface area contributed by atoms with Gasteiger partial charge in [-0.15, -0.1) is 22.7 Å². The lowest BCUT2D eigenvalue weighted by Gasteiger charge is -2.13. The Labute approximate surface area is 116 Å². The minimum absolute atomic E-state index is 0.148. The number of rotatable bonds is 4. The zero-order valence-corrected chi connectivity index (χ0v) is 12.9. The molecule has 0 aliphatic heterocycles. The summed E-state index contributed by atoms with van der Waals surface area (Å²) in [5, 5.41) is 9.94. The smallest absolute Gasteiger partial charge is 0.0982 e. The van der Waals surface area contributed by atoms with E-state index >= 15 is 0 Å². The molecule has 3 nitrogen and oxygen atoms in total. The van der Waals surface area contributed by atoms with Gasteiger partial charge in [0.25, 0.3) is 0 Å². The first-order valence-electron chi connectivity index (χ1n) is 6.02. The Hall–Kier alpha value is -0.780. The average Bonchev–Trinajstić information content (AvgIpc) is 2.87. The Kier molecular flexibility index (Phi) is 4.14. The zero-order valence-electron chi connectivity index (χ0n) is 11.3. The van der Waals surface area contributed by atoms with E-state index in [1.165, 1.54) is 5.01 Å². The van der Waals surface area contributed by atoms with Crippen molar-refractivity contribution in [3.05, 3.63) is 32.2 Å². The van der Waals surface area contributed by atoms with Crippen LogP contribution in [0.2, 0.25) is 0 Å². The SMILES string of the molecule is Cc1nc(CNCc2csc(C(C)(C)C)n2)cs1. The van der Waals surface area contributed by atoms with E-state index in [4.69, 9.17) is 0 Å². The Morgan fingerprint density at radius 3 is 2.17 bits per heavy atom. The topological polar surface area (TPSA) is 37.8 Å². The number of hydrogen-bond donors (Lipinski definition) is 1. The van der Waals surface area contributed by atoms with Crippen molar-refractivity contribution in [1.29, 1.82) is 0 Å². The van der Waals surface area contributed by atoms with E-state index in [0.717, 1.165) is 29.5 Å². The maximum Gasteiger partial charge on any atom is 0.0982 e. The van der Waals surface area contributed by atoms with Crippen LogP contribution in [0, 0.1) is 6.92 Å². The van der Waals surface area contributed by atoms with Crippen LogP contribution in [-0.4, -0.2) is 9.97 Å². The molecule has 0 fully saturated rings. The van der Waals surface area contributed by atoms with Gasteiger partial charge in [-0.25, -0.2) is 9.97 Å². The zero-order chi connectivity index (χ0) is 13.2. The number of thiazole rings is 2. The van der Waals surface area contributed by atoms with Gasteiger partial charge < -0.3 is 5.32 Å². The molecular weight excluding hydrogens is 262 g/mol. The summed E-state index contributed by atoms with van der Waals surface area (Å²) in [5.41, 5.74) is 2.38. The fourth-order valence-electron chi connectivity index (χ4n) is 1.54. The second kappa shape index (κ2) is 5.47. The molecule has 2 aromatic rings. The highest BCUT2D eigenvalue weighted by Gasteiger charge is 2.17. The van der Waals surface area contributed by atoms with Crippen LogP contribution in [-0.2, 0) is 18.5 Å². The molecule has 2 aromatic heterocycles. The molecule has 2 heterocycles. The van der Waals surface area contributed by atoms with E-state index in [-0.39, 0.29) is 5.41 Å². The standard InChI is InChI=1S/C13H19N3S2/c1-9-15-10(7-17-9)5-14-6-11-8-18-12(16-11)13(2,3)4/h7-8,14H,5-6H2,1-4H3. The number of nitrogens with zero attached hydrogens (tertiary/aromatic N) is 2. The van der Waals surface area contributed by atoms with Crippen molar-refractivity contribution < 1.29 is 0 Å². The summed E-state index contributed by atoms with van der Waals surface area (Å²) >= 11 is 3.44. The average molecular weight is 281 g/mol. The molecule has 0 saturated heterocycles. The maximum atomic E-state index is 4.66. The van der Waals surface area contributed by atoms with Gasteiger partial charge in [-0.05, 0) is 6.92 Å². The van der Waals surface area contributed by atoms with Gasteiger partial charge in [0, 0.05) is 29.3 Å². The molecule has 0 aromatic carbocycles. The highest BCUT2D eigenvalue weighted by molar-refractivity contribution is 7.10. The van der Waals surface area contributed by atoms with E-state index < -0.39 is 0 Å². The molecule has 2 rings (SSSR count). The largest absolute Gasteiger partial charge is 0.305 e. The van der Waals surface area contributed by atoms with E-state index in [1.54, 1.807) is 22.7 Å². The number of aromatic nitrogens is 2. The molecule has 0 amide bonds. The molecule has 0 saturated carbocycles. The molecule has 18 heavy (non-hydrogen) atoms. The second-order valence-corrected chi connectivity index (χ2v) is 7.28. The first-order chi connectivity index (χ1) is 8.45. The van der Waals surface area contributed by atoms with Crippen molar-refractivity contribution in [3.63, 3.8) is 0 Å². The molecule has 0 aliphatic rings. The third-order valence-corrected chi connectivity index (χ3v) is 4.61. The van der Waals surface area contributed by atoms with E-state index in [9.17, 15) is 0 Å². The molecular formula is C13H19N3S2. The van der Waals surface area contributed by atoms with Gasteiger partial charge >= 0.3 is 0 Å². The molecule has 1 N–H and O–H groups in total. The lowest BCUT2D eigenvalue weighted by molar-refractivity contribution is 0.579. The van der Waals surface area contributed by atoms with Crippen LogP contribution in [0.4, 0.5) is 0 Å². The van der Waals surface area contributed by atoms with E-state index in [2.05, 4.69) is 46.8 Å². The van der Waals surface area contributed by atoms with Crippen LogP contribution in [0.1, 0.15) is 42.2 Å². The van der Waals surface area contributed by atoms with Crippen LogP contribution in [0.25, 0.3) is 0 Å². The van der Waals surface area contributed by atoms with Crippen LogP contribution < -0.4 is 5.32 Å². The van der Waals surface area contributed by atoms with E-state index in [0.29, 0.717) is 0 Å². The predicted molar refractivity (Wildman–Crippen MR) is 78.2 cm³/mol. The second-order valence-electron chi connectivity index (χ2n) is 5.36. The third-order valence-electron chi connectivity index (χ3n) is 2.47. The first kappa shape index (κ1) is 13.6. The van der Waals surface area contributed by atoms with Crippen LogP contribution >= 0.6 is 22.7 Å². The monoisotopic (exact) mass is 281 g/mol. The highest BCUT2D eigenvalue weighted by atomic mass is 32.1. The fraction of sp³-hybridized carbons (Fsp3) is 0.538. The molecule has 5 heteroatoms. The van der Waals surface area contributed by atoms with Crippen LogP contribution in [0.5, 0.6) is 0 Å². The minimum atomic E-state index is 0.148. The van der Waals surface area contributed by atoms with Gasteiger partial charge in [-0.2, -0.15) is 0 Å². The number of hydrogen-bond acceptors (Lipinski definition) is 5. The summed E-state index contributed by atoms with van der Waals surface area (Å²) < 4.78 is 0. The maximum absolute atomic E-state index is 4.66. The molecule has 0 atom stereocenters. The van der Waals surface area contributed by atoms with Crippen molar-refractivity contribution in [3.8, 4) is 0 Å². The Morgan fingerprint density at radius 2 is 1.67 bits per heavy atom. The van der Waals surface area contributed by atoms with Crippen LogP contribution in [0.15, 0.2) is 10.8 Å². The Bertz CT molecular complexity index is 508. The summed E-state index contributed by atoms with van der Waals surface area (Å²) in [6.45, 7) is 10.2. The molecule has 0 radical (unpaired) electrons. The van der Waals surface area contributed by atoms with Gasteiger partial charge in [0.15, 0.2) is 0 Å². The van der Waals surface area contributed by atoms with Gasteiger partial charge in [0.1, 0.15) is 0 Å². The Morgan fingerprint density at radius 1 is 1.06 bits per heavy atom. The minimum Gasteiger partial charge on any atom is -0.305 e. The third kappa shape index (κ3) is 3.60. The highest BCUT2D eigenvalue weighted by Crippen LogP contribution is 2.25. The van der Waals surface area contributed by atoms with Crippen molar-refractivity contribution >= 4 is 22.7 Å².